The van der Waals surface area contributed by atoms with Gasteiger partial charge in [-0.1, -0.05) is 12.1 Å². The van der Waals surface area contributed by atoms with Gasteiger partial charge in [0.2, 0.25) is 5.91 Å². The zero-order valence-corrected chi connectivity index (χ0v) is 13.1. The van der Waals surface area contributed by atoms with Crippen LogP contribution in [0.4, 0.5) is 21.9 Å². The van der Waals surface area contributed by atoms with Crippen LogP contribution in [0.5, 0.6) is 0 Å². The Bertz CT molecular complexity index is 759. The smallest absolute Gasteiger partial charge is 0.308 e. The summed E-state index contributed by atoms with van der Waals surface area (Å²) in [6.45, 7) is 0. The SMILES string of the molecule is O=C(CCc1ccc(NC(=O)Nc2ccc([N+](=O)[O-])cc2)cc1)NO. The lowest BCUT2D eigenvalue weighted by atomic mass is 10.1. The molecule has 9 heteroatoms. The van der Waals surface area contributed by atoms with Gasteiger partial charge in [-0.3, -0.25) is 20.1 Å². The highest BCUT2D eigenvalue weighted by Gasteiger charge is 2.07. The fraction of sp³-hybridized carbons (Fsp3) is 0.125. The highest BCUT2D eigenvalue weighted by atomic mass is 16.6. The quantitative estimate of drug-likeness (QED) is 0.363. The van der Waals surface area contributed by atoms with Crippen molar-refractivity contribution in [1.29, 1.82) is 0 Å². The number of carbonyl (C=O) groups is 2. The molecule has 0 radical (unpaired) electrons. The summed E-state index contributed by atoms with van der Waals surface area (Å²) < 4.78 is 0. The third kappa shape index (κ3) is 5.59. The number of anilines is 2. The van der Waals surface area contributed by atoms with Crippen LogP contribution in [0.3, 0.4) is 0 Å². The molecule has 0 aliphatic rings. The molecule has 0 fully saturated rings. The maximum absolute atomic E-state index is 11.9. The molecule has 2 rings (SSSR count). The number of aryl methyl sites for hydroxylation is 1. The Hall–Kier alpha value is -3.46. The number of hydroxylamine groups is 1. The van der Waals surface area contributed by atoms with Crippen molar-refractivity contribution in [1.82, 2.24) is 5.48 Å². The van der Waals surface area contributed by atoms with Crippen molar-refractivity contribution >= 4 is 29.0 Å². The minimum absolute atomic E-state index is 0.0589. The Balaban J connectivity index is 1.87. The molecule has 0 saturated carbocycles. The van der Waals surface area contributed by atoms with Gasteiger partial charge in [0.25, 0.3) is 5.69 Å². The van der Waals surface area contributed by atoms with Crippen LogP contribution in [0, 0.1) is 10.1 Å². The number of rotatable bonds is 6. The molecule has 2 aromatic carbocycles. The minimum Gasteiger partial charge on any atom is -0.308 e. The van der Waals surface area contributed by atoms with Crippen LogP contribution in [0.25, 0.3) is 0 Å². The van der Waals surface area contributed by atoms with Crippen molar-refractivity contribution in [2.75, 3.05) is 10.6 Å². The molecule has 0 heterocycles. The van der Waals surface area contributed by atoms with Gasteiger partial charge in [0.15, 0.2) is 0 Å². The van der Waals surface area contributed by atoms with Gasteiger partial charge in [-0.2, -0.15) is 0 Å². The van der Waals surface area contributed by atoms with Crippen LogP contribution >= 0.6 is 0 Å². The van der Waals surface area contributed by atoms with Crippen molar-refractivity contribution in [3.63, 3.8) is 0 Å². The summed E-state index contributed by atoms with van der Waals surface area (Å²) in [5.41, 5.74) is 3.36. The van der Waals surface area contributed by atoms with Crippen LogP contribution in [-0.2, 0) is 11.2 Å². The third-order valence-corrected chi connectivity index (χ3v) is 3.31. The summed E-state index contributed by atoms with van der Waals surface area (Å²) in [5.74, 6) is -0.468. The number of nitro benzene ring substituents is 1. The zero-order valence-electron chi connectivity index (χ0n) is 13.1. The standard InChI is InChI=1S/C16H16N4O5/c21-15(19-23)10-3-11-1-4-12(5-2-11)17-16(22)18-13-6-8-14(9-7-13)20(24)25/h1-2,4-9,23H,3,10H2,(H,19,21)(H2,17,18,22). The molecule has 130 valence electrons. The summed E-state index contributed by atoms with van der Waals surface area (Å²) in [7, 11) is 0. The van der Waals surface area contributed by atoms with Crippen LogP contribution < -0.4 is 16.1 Å². The van der Waals surface area contributed by atoms with Crippen LogP contribution in [0.2, 0.25) is 0 Å². The van der Waals surface area contributed by atoms with Crippen LogP contribution in [0.15, 0.2) is 48.5 Å². The summed E-state index contributed by atoms with van der Waals surface area (Å²) >= 11 is 0. The zero-order chi connectivity index (χ0) is 18.2. The van der Waals surface area contributed by atoms with Crippen molar-refractivity contribution in [3.8, 4) is 0 Å². The molecular formula is C16H16N4O5. The van der Waals surface area contributed by atoms with Gasteiger partial charge in [-0.05, 0) is 36.2 Å². The van der Waals surface area contributed by atoms with Gasteiger partial charge >= 0.3 is 6.03 Å². The lowest BCUT2D eigenvalue weighted by molar-refractivity contribution is -0.384. The Morgan fingerprint density at radius 3 is 1.96 bits per heavy atom. The summed E-state index contributed by atoms with van der Waals surface area (Å²) in [6, 6.07) is 11.9. The van der Waals surface area contributed by atoms with E-state index >= 15 is 0 Å². The maximum atomic E-state index is 11.9. The van der Waals surface area contributed by atoms with E-state index in [4.69, 9.17) is 5.21 Å². The molecule has 0 spiro atoms. The number of carbonyl (C=O) groups excluding carboxylic acids is 2. The molecule has 0 aromatic heterocycles. The van der Waals surface area contributed by atoms with Gasteiger partial charge < -0.3 is 10.6 Å². The van der Waals surface area contributed by atoms with E-state index in [1.807, 2.05) is 0 Å². The normalized spacial score (nSPS) is 9.96. The van der Waals surface area contributed by atoms with Gasteiger partial charge in [-0.25, -0.2) is 10.3 Å². The number of nitrogens with zero attached hydrogens (tertiary/aromatic N) is 1. The average Bonchev–Trinajstić information content (AvgIpc) is 2.61. The lowest BCUT2D eigenvalue weighted by Gasteiger charge is -2.08. The van der Waals surface area contributed by atoms with E-state index < -0.39 is 16.9 Å². The van der Waals surface area contributed by atoms with E-state index in [9.17, 15) is 19.7 Å². The van der Waals surface area contributed by atoms with Crippen LogP contribution in [-0.4, -0.2) is 22.1 Å². The molecule has 0 aliphatic carbocycles. The third-order valence-electron chi connectivity index (χ3n) is 3.31. The number of benzene rings is 2. The second-order valence-electron chi connectivity index (χ2n) is 5.12. The highest BCUT2D eigenvalue weighted by molar-refractivity contribution is 5.99. The van der Waals surface area contributed by atoms with Gasteiger partial charge in [0.1, 0.15) is 0 Å². The topological polar surface area (TPSA) is 134 Å². The molecule has 2 aromatic rings. The molecule has 9 nitrogen and oxygen atoms in total. The van der Waals surface area contributed by atoms with Crippen molar-refractivity contribution in [2.45, 2.75) is 12.8 Å². The highest BCUT2D eigenvalue weighted by Crippen LogP contribution is 2.16. The Morgan fingerprint density at radius 2 is 1.48 bits per heavy atom. The first-order valence-electron chi connectivity index (χ1n) is 7.32. The minimum atomic E-state index is -0.518. The van der Waals surface area contributed by atoms with Crippen molar-refractivity contribution in [2.24, 2.45) is 0 Å². The van der Waals surface area contributed by atoms with Crippen LogP contribution in [0.1, 0.15) is 12.0 Å². The molecule has 0 atom stereocenters. The Morgan fingerprint density at radius 1 is 0.960 bits per heavy atom. The summed E-state index contributed by atoms with van der Waals surface area (Å²) in [6.07, 6.45) is 0.617. The molecule has 0 saturated heterocycles. The van der Waals surface area contributed by atoms with Crippen molar-refractivity contribution in [3.05, 3.63) is 64.2 Å². The first kappa shape index (κ1) is 17.9. The number of non-ortho nitro benzene ring substituents is 1. The molecule has 0 unspecified atom stereocenters. The Labute approximate surface area is 142 Å². The van der Waals surface area contributed by atoms with E-state index in [0.717, 1.165) is 5.56 Å². The predicted molar refractivity (Wildman–Crippen MR) is 90.4 cm³/mol. The van der Waals surface area contributed by atoms with E-state index in [0.29, 0.717) is 17.8 Å². The monoisotopic (exact) mass is 344 g/mol. The average molecular weight is 344 g/mol. The lowest BCUT2D eigenvalue weighted by Crippen LogP contribution is -2.19. The molecule has 3 amide bonds. The second kappa shape index (κ2) is 8.41. The first-order valence-corrected chi connectivity index (χ1v) is 7.32. The molecule has 25 heavy (non-hydrogen) atoms. The summed E-state index contributed by atoms with van der Waals surface area (Å²) in [5, 5.41) is 24.2. The number of nitrogens with one attached hydrogen (secondary N) is 3. The largest absolute Gasteiger partial charge is 0.323 e. The fourth-order valence-corrected chi connectivity index (χ4v) is 2.03. The molecule has 0 bridgehead atoms. The Kier molecular flexibility index (Phi) is 6.02. The molecular weight excluding hydrogens is 328 g/mol. The fourth-order valence-electron chi connectivity index (χ4n) is 2.03. The first-order chi connectivity index (χ1) is 12.0. The van der Waals surface area contributed by atoms with E-state index in [1.165, 1.54) is 24.3 Å². The number of amides is 3. The maximum Gasteiger partial charge on any atom is 0.323 e. The van der Waals surface area contributed by atoms with Crippen molar-refractivity contribution < 1.29 is 19.7 Å². The van der Waals surface area contributed by atoms with Gasteiger partial charge in [0.05, 0.1) is 4.92 Å². The summed E-state index contributed by atoms with van der Waals surface area (Å²) in [4.78, 5) is 32.9. The number of hydrogen-bond acceptors (Lipinski definition) is 5. The van der Waals surface area contributed by atoms with E-state index in [-0.39, 0.29) is 12.1 Å². The van der Waals surface area contributed by atoms with E-state index in [1.54, 1.807) is 29.7 Å². The predicted octanol–water partition coefficient (Wildman–Crippen LogP) is 2.68. The number of hydrogen-bond donors (Lipinski definition) is 4. The number of urea groups is 1. The molecule has 0 aliphatic heterocycles. The second-order valence-corrected chi connectivity index (χ2v) is 5.12. The number of nitro groups is 1. The molecule has 4 N–H and O–H groups in total. The van der Waals surface area contributed by atoms with E-state index in [2.05, 4.69) is 10.6 Å². The van der Waals surface area contributed by atoms with Gasteiger partial charge in [0, 0.05) is 29.9 Å². The van der Waals surface area contributed by atoms with Gasteiger partial charge in [-0.15, -0.1) is 0 Å².